The van der Waals surface area contributed by atoms with Gasteiger partial charge in [0.05, 0.1) is 10.2 Å². The van der Waals surface area contributed by atoms with E-state index in [1.165, 1.54) is 6.92 Å². The van der Waals surface area contributed by atoms with Gasteiger partial charge in [0.1, 0.15) is 0 Å². The van der Waals surface area contributed by atoms with Crippen molar-refractivity contribution in [3.05, 3.63) is 47.2 Å². The topological polar surface area (TPSA) is 54.0 Å². The summed E-state index contributed by atoms with van der Waals surface area (Å²) in [5.41, 5.74) is 2.58. The van der Waals surface area contributed by atoms with Gasteiger partial charge >= 0.3 is 0 Å². The minimum absolute atomic E-state index is 0.0859. The van der Waals surface area contributed by atoms with E-state index >= 15 is 0 Å². The lowest BCUT2D eigenvalue weighted by Crippen LogP contribution is -2.05. The van der Waals surface area contributed by atoms with E-state index in [0.29, 0.717) is 0 Å². The number of rotatable bonds is 3. The maximum atomic E-state index is 11.0. The molecular formula is C13H12BrN3O. The molecule has 1 amide bonds. The van der Waals surface area contributed by atoms with Crippen LogP contribution in [0.4, 0.5) is 17.1 Å². The van der Waals surface area contributed by atoms with Gasteiger partial charge in [0.25, 0.3) is 0 Å². The molecule has 0 spiro atoms. The van der Waals surface area contributed by atoms with Gasteiger partial charge in [-0.2, -0.15) is 0 Å². The van der Waals surface area contributed by atoms with Crippen molar-refractivity contribution >= 4 is 38.9 Å². The predicted octanol–water partition coefficient (Wildman–Crippen LogP) is 3.55. The van der Waals surface area contributed by atoms with Gasteiger partial charge in [0.15, 0.2) is 0 Å². The van der Waals surface area contributed by atoms with E-state index in [4.69, 9.17) is 0 Å². The minimum Gasteiger partial charge on any atom is -0.354 e. The first-order valence-corrected chi connectivity index (χ1v) is 6.18. The molecule has 0 atom stereocenters. The predicted molar refractivity (Wildman–Crippen MR) is 76.0 cm³/mol. The summed E-state index contributed by atoms with van der Waals surface area (Å²) in [6, 6.07) is 9.39. The van der Waals surface area contributed by atoms with E-state index in [9.17, 15) is 4.79 Å². The Kier molecular flexibility index (Phi) is 3.94. The number of carbonyl (C=O) groups is 1. The second-order valence-electron chi connectivity index (χ2n) is 3.74. The van der Waals surface area contributed by atoms with Crippen molar-refractivity contribution < 1.29 is 4.79 Å². The van der Waals surface area contributed by atoms with Gasteiger partial charge in [-0.3, -0.25) is 9.78 Å². The molecule has 0 unspecified atom stereocenters. The zero-order valence-electron chi connectivity index (χ0n) is 9.77. The minimum atomic E-state index is -0.0859. The van der Waals surface area contributed by atoms with Gasteiger partial charge in [0.2, 0.25) is 5.91 Å². The van der Waals surface area contributed by atoms with Crippen LogP contribution in [0, 0.1) is 0 Å². The molecule has 18 heavy (non-hydrogen) atoms. The number of aromatic nitrogens is 1. The third-order valence-corrected chi connectivity index (χ3v) is 2.87. The summed E-state index contributed by atoms with van der Waals surface area (Å²) in [6.45, 7) is 1.49. The molecule has 2 aromatic rings. The van der Waals surface area contributed by atoms with Crippen molar-refractivity contribution in [1.82, 2.24) is 4.98 Å². The summed E-state index contributed by atoms with van der Waals surface area (Å²) >= 11 is 3.42. The van der Waals surface area contributed by atoms with Crippen LogP contribution < -0.4 is 10.6 Å². The van der Waals surface area contributed by atoms with Crippen LogP contribution in [0.5, 0.6) is 0 Å². The molecule has 0 radical (unpaired) electrons. The highest BCUT2D eigenvalue weighted by molar-refractivity contribution is 9.10. The fourth-order valence-electron chi connectivity index (χ4n) is 1.51. The lowest BCUT2D eigenvalue weighted by molar-refractivity contribution is -0.114. The number of nitrogens with zero attached hydrogens (tertiary/aromatic N) is 1. The van der Waals surface area contributed by atoms with E-state index in [1.807, 2.05) is 30.3 Å². The van der Waals surface area contributed by atoms with Crippen LogP contribution in [-0.2, 0) is 4.79 Å². The normalized spacial score (nSPS) is 9.89. The van der Waals surface area contributed by atoms with Gasteiger partial charge in [-0.25, -0.2) is 0 Å². The van der Waals surface area contributed by atoms with E-state index < -0.39 is 0 Å². The smallest absolute Gasteiger partial charge is 0.221 e. The first-order chi connectivity index (χ1) is 8.65. The van der Waals surface area contributed by atoms with Crippen molar-refractivity contribution in [2.45, 2.75) is 6.92 Å². The Labute approximate surface area is 114 Å². The number of hydrogen-bond acceptors (Lipinski definition) is 3. The van der Waals surface area contributed by atoms with E-state index in [2.05, 4.69) is 31.5 Å². The molecule has 1 aromatic carbocycles. The SMILES string of the molecule is CC(=O)Nc1cccc(Nc2ccncc2Br)c1. The van der Waals surface area contributed by atoms with Gasteiger partial charge in [-0.1, -0.05) is 6.07 Å². The molecule has 0 fully saturated rings. The van der Waals surface area contributed by atoms with Gasteiger partial charge in [-0.05, 0) is 40.2 Å². The monoisotopic (exact) mass is 305 g/mol. The van der Waals surface area contributed by atoms with Crippen molar-refractivity contribution in [3.63, 3.8) is 0 Å². The molecule has 0 bridgehead atoms. The van der Waals surface area contributed by atoms with Crippen molar-refractivity contribution in [2.24, 2.45) is 0 Å². The van der Waals surface area contributed by atoms with Crippen LogP contribution >= 0.6 is 15.9 Å². The summed E-state index contributed by atoms with van der Waals surface area (Å²) in [4.78, 5) is 15.0. The summed E-state index contributed by atoms with van der Waals surface area (Å²) < 4.78 is 0.884. The molecule has 0 saturated heterocycles. The molecule has 1 heterocycles. The zero-order valence-corrected chi connectivity index (χ0v) is 11.4. The Balaban J connectivity index is 2.19. The number of halogens is 1. The summed E-state index contributed by atoms with van der Waals surface area (Å²) in [5, 5.41) is 5.99. The van der Waals surface area contributed by atoms with E-state index in [0.717, 1.165) is 21.5 Å². The van der Waals surface area contributed by atoms with E-state index in [1.54, 1.807) is 12.4 Å². The highest BCUT2D eigenvalue weighted by atomic mass is 79.9. The van der Waals surface area contributed by atoms with Crippen molar-refractivity contribution in [3.8, 4) is 0 Å². The largest absolute Gasteiger partial charge is 0.354 e. The first kappa shape index (κ1) is 12.6. The Bertz CT molecular complexity index is 572. The second-order valence-corrected chi connectivity index (χ2v) is 4.60. The summed E-state index contributed by atoms with van der Waals surface area (Å²) in [7, 11) is 0. The van der Waals surface area contributed by atoms with Gasteiger partial charge in [-0.15, -0.1) is 0 Å². The highest BCUT2D eigenvalue weighted by Crippen LogP contribution is 2.25. The Morgan fingerprint density at radius 2 is 2.06 bits per heavy atom. The number of benzene rings is 1. The molecule has 5 heteroatoms. The number of carbonyl (C=O) groups excluding carboxylic acids is 1. The van der Waals surface area contributed by atoms with Crippen LogP contribution in [0.1, 0.15) is 6.92 Å². The Hall–Kier alpha value is -1.88. The van der Waals surface area contributed by atoms with Crippen LogP contribution in [0.15, 0.2) is 47.2 Å². The molecule has 0 aliphatic rings. The Morgan fingerprint density at radius 1 is 1.28 bits per heavy atom. The summed E-state index contributed by atoms with van der Waals surface area (Å²) in [5.74, 6) is -0.0859. The average Bonchev–Trinajstić information content (AvgIpc) is 2.32. The molecule has 0 aliphatic carbocycles. The molecular weight excluding hydrogens is 294 g/mol. The fourth-order valence-corrected chi connectivity index (χ4v) is 1.86. The maximum Gasteiger partial charge on any atom is 0.221 e. The second kappa shape index (κ2) is 5.64. The lowest BCUT2D eigenvalue weighted by atomic mass is 10.2. The molecule has 2 N–H and O–H groups in total. The lowest BCUT2D eigenvalue weighted by Gasteiger charge is -2.09. The van der Waals surface area contributed by atoms with Crippen LogP contribution in [-0.4, -0.2) is 10.9 Å². The molecule has 2 rings (SSSR count). The third kappa shape index (κ3) is 3.30. The number of hydrogen-bond donors (Lipinski definition) is 2. The number of anilines is 3. The quantitative estimate of drug-likeness (QED) is 0.912. The average molecular weight is 306 g/mol. The molecule has 1 aromatic heterocycles. The molecule has 4 nitrogen and oxygen atoms in total. The maximum absolute atomic E-state index is 11.0. The van der Waals surface area contributed by atoms with Crippen molar-refractivity contribution in [1.29, 1.82) is 0 Å². The van der Waals surface area contributed by atoms with Gasteiger partial charge in [0, 0.05) is 30.7 Å². The number of amides is 1. The van der Waals surface area contributed by atoms with Crippen LogP contribution in [0.25, 0.3) is 0 Å². The molecule has 0 aliphatic heterocycles. The zero-order chi connectivity index (χ0) is 13.0. The highest BCUT2D eigenvalue weighted by Gasteiger charge is 2.01. The van der Waals surface area contributed by atoms with Crippen LogP contribution in [0.3, 0.4) is 0 Å². The number of nitrogens with one attached hydrogen (secondary N) is 2. The molecule has 92 valence electrons. The Morgan fingerprint density at radius 3 is 2.78 bits per heavy atom. The van der Waals surface area contributed by atoms with Gasteiger partial charge < -0.3 is 10.6 Å². The first-order valence-electron chi connectivity index (χ1n) is 5.39. The standard InChI is InChI=1S/C13H12BrN3O/c1-9(18)16-10-3-2-4-11(7-10)17-13-5-6-15-8-12(13)14/h2-8H,1H3,(H,15,17)(H,16,18). The molecule has 0 saturated carbocycles. The van der Waals surface area contributed by atoms with E-state index in [-0.39, 0.29) is 5.91 Å². The van der Waals surface area contributed by atoms with Crippen LogP contribution in [0.2, 0.25) is 0 Å². The van der Waals surface area contributed by atoms with Crippen molar-refractivity contribution in [2.75, 3.05) is 10.6 Å². The number of pyridine rings is 1. The third-order valence-electron chi connectivity index (χ3n) is 2.23. The summed E-state index contributed by atoms with van der Waals surface area (Å²) in [6.07, 6.45) is 3.44. The fraction of sp³-hybridized carbons (Fsp3) is 0.0769.